The minimum atomic E-state index is -4.39. The average molecular weight is 359 g/mol. The van der Waals surface area contributed by atoms with Crippen molar-refractivity contribution in [3.63, 3.8) is 0 Å². The lowest BCUT2D eigenvalue weighted by Gasteiger charge is -2.11. The van der Waals surface area contributed by atoms with E-state index in [1.807, 2.05) is 6.07 Å². The van der Waals surface area contributed by atoms with Crippen LogP contribution in [-0.2, 0) is 12.7 Å². The van der Waals surface area contributed by atoms with Gasteiger partial charge in [0.15, 0.2) is 11.6 Å². The molecule has 0 amide bonds. The van der Waals surface area contributed by atoms with Gasteiger partial charge in [0, 0.05) is 6.54 Å². The number of nitriles is 1. The van der Waals surface area contributed by atoms with Crippen LogP contribution in [0.25, 0.3) is 11.5 Å². The van der Waals surface area contributed by atoms with Crippen LogP contribution < -0.4 is 11.1 Å². The number of nitrogens with two attached hydrogens (primary N) is 1. The summed E-state index contributed by atoms with van der Waals surface area (Å²) in [6.45, 7) is 0.154. The zero-order valence-electron chi connectivity index (χ0n) is 13.2. The van der Waals surface area contributed by atoms with Gasteiger partial charge in [0.1, 0.15) is 17.3 Å². The van der Waals surface area contributed by atoms with Gasteiger partial charge in [-0.05, 0) is 29.8 Å². The Morgan fingerprint density at radius 3 is 2.46 bits per heavy atom. The van der Waals surface area contributed by atoms with Crippen LogP contribution in [-0.4, -0.2) is 9.97 Å². The zero-order valence-corrected chi connectivity index (χ0v) is 13.2. The van der Waals surface area contributed by atoms with E-state index in [0.717, 1.165) is 12.1 Å². The average Bonchev–Trinajstić information content (AvgIpc) is 3.13. The molecule has 9 heteroatoms. The van der Waals surface area contributed by atoms with Gasteiger partial charge in [-0.3, -0.25) is 0 Å². The normalized spacial score (nSPS) is 11.2. The number of halogens is 3. The van der Waals surface area contributed by atoms with Crippen LogP contribution in [0.5, 0.6) is 0 Å². The van der Waals surface area contributed by atoms with Crippen LogP contribution in [0.1, 0.15) is 16.7 Å². The molecule has 0 aliphatic rings. The zero-order chi connectivity index (χ0) is 18.7. The van der Waals surface area contributed by atoms with Gasteiger partial charge in [0.25, 0.3) is 0 Å². The molecule has 26 heavy (non-hydrogen) atoms. The van der Waals surface area contributed by atoms with Crippen LogP contribution in [0.2, 0.25) is 0 Å². The van der Waals surface area contributed by atoms with Crippen molar-refractivity contribution >= 4 is 11.8 Å². The molecule has 0 saturated heterocycles. The van der Waals surface area contributed by atoms with Crippen molar-refractivity contribution < 1.29 is 17.6 Å². The van der Waals surface area contributed by atoms with Crippen LogP contribution in [0, 0.1) is 11.3 Å². The monoisotopic (exact) mass is 359 g/mol. The number of nitrogens with zero attached hydrogens (tertiary/aromatic N) is 3. The van der Waals surface area contributed by atoms with Gasteiger partial charge < -0.3 is 15.5 Å². The maximum atomic E-state index is 12.6. The van der Waals surface area contributed by atoms with Crippen molar-refractivity contribution in [1.82, 2.24) is 9.97 Å². The number of hydrogen-bond donors (Lipinski definition) is 2. The SMILES string of the molecule is N#Cc1c(NCc2ccc(C(F)(F)F)cc2)nc(N)nc1-c1ccco1. The van der Waals surface area contributed by atoms with Gasteiger partial charge in [0.05, 0.1) is 11.8 Å². The van der Waals surface area contributed by atoms with Crippen molar-refractivity contribution in [2.45, 2.75) is 12.7 Å². The lowest BCUT2D eigenvalue weighted by Crippen LogP contribution is -2.09. The van der Waals surface area contributed by atoms with Gasteiger partial charge in [-0.15, -0.1) is 0 Å². The van der Waals surface area contributed by atoms with E-state index in [1.54, 1.807) is 12.1 Å². The smallest absolute Gasteiger partial charge is 0.416 e. The quantitative estimate of drug-likeness (QED) is 0.734. The summed E-state index contributed by atoms with van der Waals surface area (Å²) < 4.78 is 43.1. The minimum absolute atomic E-state index is 0.0645. The lowest BCUT2D eigenvalue weighted by atomic mass is 10.1. The molecular weight excluding hydrogens is 347 g/mol. The molecule has 0 saturated carbocycles. The molecule has 0 aliphatic carbocycles. The minimum Gasteiger partial charge on any atom is -0.463 e. The topological polar surface area (TPSA) is 101 Å². The van der Waals surface area contributed by atoms with Gasteiger partial charge in [-0.2, -0.15) is 23.4 Å². The predicted octanol–water partition coefficient (Wildman–Crippen LogP) is 3.82. The van der Waals surface area contributed by atoms with Crippen molar-refractivity contribution in [1.29, 1.82) is 5.26 Å². The van der Waals surface area contributed by atoms with Crippen LogP contribution >= 0.6 is 0 Å². The van der Waals surface area contributed by atoms with Crippen molar-refractivity contribution in [3.05, 3.63) is 59.4 Å². The Kier molecular flexibility index (Phi) is 4.49. The Labute approximate surface area is 146 Å². The maximum Gasteiger partial charge on any atom is 0.416 e. The molecule has 1 aromatic carbocycles. The number of aromatic nitrogens is 2. The van der Waals surface area contributed by atoms with Gasteiger partial charge >= 0.3 is 6.18 Å². The molecule has 0 aliphatic heterocycles. The second kappa shape index (κ2) is 6.76. The Hall–Kier alpha value is -3.54. The van der Waals surface area contributed by atoms with Crippen molar-refractivity contribution in [2.75, 3.05) is 11.1 Å². The molecule has 3 rings (SSSR count). The molecule has 2 heterocycles. The number of alkyl halides is 3. The number of nitrogen functional groups attached to an aromatic ring is 1. The number of furan rings is 1. The molecule has 3 aromatic rings. The Bertz CT molecular complexity index is 944. The molecule has 132 valence electrons. The fraction of sp³-hybridized carbons (Fsp3) is 0.118. The van der Waals surface area contributed by atoms with E-state index in [-0.39, 0.29) is 29.6 Å². The third kappa shape index (κ3) is 3.59. The molecule has 0 atom stereocenters. The van der Waals surface area contributed by atoms with E-state index in [2.05, 4.69) is 15.3 Å². The third-order valence-corrected chi connectivity index (χ3v) is 3.53. The van der Waals surface area contributed by atoms with Crippen LogP contribution in [0.4, 0.5) is 24.9 Å². The molecule has 0 unspecified atom stereocenters. The molecule has 6 nitrogen and oxygen atoms in total. The highest BCUT2D eigenvalue weighted by Crippen LogP contribution is 2.30. The first kappa shape index (κ1) is 17.3. The Morgan fingerprint density at radius 1 is 1.15 bits per heavy atom. The van der Waals surface area contributed by atoms with E-state index in [1.165, 1.54) is 18.4 Å². The highest BCUT2D eigenvalue weighted by atomic mass is 19.4. The van der Waals surface area contributed by atoms with E-state index in [4.69, 9.17) is 10.2 Å². The summed E-state index contributed by atoms with van der Waals surface area (Å²) >= 11 is 0. The summed E-state index contributed by atoms with van der Waals surface area (Å²) in [4.78, 5) is 8.02. The van der Waals surface area contributed by atoms with Crippen LogP contribution in [0.15, 0.2) is 47.1 Å². The maximum absolute atomic E-state index is 12.6. The second-order valence-corrected chi connectivity index (χ2v) is 5.29. The highest BCUT2D eigenvalue weighted by Gasteiger charge is 2.29. The predicted molar refractivity (Wildman–Crippen MR) is 87.6 cm³/mol. The van der Waals surface area contributed by atoms with E-state index < -0.39 is 11.7 Å². The standard InChI is InChI=1S/C17H12F3N5O/c18-17(19,20)11-5-3-10(4-6-11)9-23-15-12(8-21)14(24-16(22)25-15)13-2-1-7-26-13/h1-7H,9H2,(H3,22,23,24,25). The van der Waals surface area contributed by atoms with Gasteiger partial charge in [-0.25, -0.2) is 4.98 Å². The first-order valence-electron chi connectivity index (χ1n) is 7.40. The summed E-state index contributed by atoms with van der Waals surface area (Å²) in [7, 11) is 0. The first-order valence-corrected chi connectivity index (χ1v) is 7.40. The number of hydrogen-bond acceptors (Lipinski definition) is 6. The van der Waals surface area contributed by atoms with Gasteiger partial charge in [-0.1, -0.05) is 12.1 Å². The fourth-order valence-corrected chi connectivity index (χ4v) is 2.30. The fourth-order valence-electron chi connectivity index (χ4n) is 2.30. The van der Waals surface area contributed by atoms with E-state index in [9.17, 15) is 18.4 Å². The van der Waals surface area contributed by atoms with Crippen molar-refractivity contribution in [3.8, 4) is 17.5 Å². The molecule has 0 spiro atoms. The second-order valence-electron chi connectivity index (χ2n) is 5.29. The van der Waals surface area contributed by atoms with Crippen molar-refractivity contribution in [2.24, 2.45) is 0 Å². The highest BCUT2D eigenvalue weighted by molar-refractivity contribution is 5.71. The number of benzene rings is 1. The molecule has 2 aromatic heterocycles. The molecular formula is C17H12F3N5O. The number of rotatable bonds is 4. The summed E-state index contributed by atoms with van der Waals surface area (Å²) in [6.07, 6.45) is -2.96. The third-order valence-electron chi connectivity index (χ3n) is 3.53. The number of nitrogens with one attached hydrogen (secondary N) is 1. The Balaban J connectivity index is 1.85. The van der Waals surface area contributed by atoms with Crippen LogP contribution in [0.3, 0.4) is 0 Å². The summed E-state index contributed by atoms with van der Waals surface area (Å²) in [5.41, 5.74) is 5.90. The summed E-state index contributed by atoms with van der Waals surface area (Å²) in [5, 5.41) is 12.3. The number of anilines is 2. The van der Waals surface area contributed by atoms with E-state index in [0.29, 0.717) is 11.3 Å². The Morgan fingerprint density at radius 2 is 1.88 bits per heavy atom. The van der Waals surface area contributed by atoms with E-state index >= 15 is 0 Å². The molecule has 0 fully saturated rings. The lowest BCUT2D eigenvalue weighted by molar-refractivity contribution is -0.137. The first-order chi connectivity index (χ1) is 12.4. The van der Waals surface area contributed by atoms with Gasteiger partial charge in [0.2, 0.25) is 5.95 Å². The summed E-state index contributed by atoms with van der Waals surface area (Å²) in [6, 6.07) is 9.94. The summed E-state index contributed by atoms with van der Waals surface area (Å²) in [5.74, 6) is 0.463. The largest absolute Gasteiger partial charge is 0.463 e. The molecule has 0 radical (unpaired) electrons. The molecule has 3 N–H and O–H groups in total. The molecule has 0 bridgehead atoms.